The van der Waals surface area contributed by atoms with Crippen LogP contribution in [0.3, 0.4) is 0 Å². The summed E-state index contributed by atoms with van der Waals surface area (Å²) in [5, 5.41) is 0. The van der Waals surface area contributed by atoms with E-state index in [1.165, 1.54) is 0 Å². The van der Waals surface area contributed by atoms with Gasteiger partial charge in [-0.15, -0.1) is 0 Å². The number of pyridine rings is 1. The quantitative estimate of drug-likeness (QED) is 0.728. The Labute approximate surface area is 77.0 Å². The number of H-pyrrole nitrogens is 1. The number of fused-ring (bicyclic) bond motifs is 1. The molecule has 0 radical (unpaired) electrons. The highest BCUT2D eigenvalue weighted by Gasteiger charge is 2.05. The second kappa shape index (κ2) is 3.18. The molecule has 3 heteroatoms. The van der Waals surface area contributed by atoms with Crippen LogP contribution >= 0.6 is 0 Å². The minimum atomic E-state index is 0.333. The smallest absolute Gasteiger partial charge is 0.0882 e. The van der Waals surface area contributed by atoms with Gasteiger partial charge in [-0.05, 0) is 18.2 Å². The van der Waals surface area contributed by atoms with Gasteiger partial charge in [-0.2, -0.15) is 0 Å². The molecular weight excluding hydrogens is 162 g/mol. The standard InChI is InChI=1S/C10H13N3/c1-7(6-11)8-2-3-9-10(13-8)4-5-12-9/h2-5,7,12H,6,11H2,1H3/t7-/m1/s1. The van der Waals surface area contributed by atoms with Crippen molar-refractivity contribution in [2.45, 2.75) is 12.8 Å². The van der Waals surface area contributed by atoms with Crippen molar-refractivity contribution in [2.24, 2.45) is 5.73 Å². The Morgan fingerprint density at radius 2 is 2.31 bits per heavy atom. The van der Waals surface area contributed by atoms with Gasteiger partial charge in [-0.1, -0.05) is 6.92 Å². The summed E-state index contributed by atoms with van der Waals surface area (Å²) in [6, 6.07) is 6.04. The topological polar surface area (TPSA) is 54.7 Å². The fourth-order valence-electron chi connectivity index (χ4n) is 1.35. The van der Waals surface area contributed by atoms with Crippen LogP contribution < -0.4 is 5.73 Å². The largest absolute Gasteiger partial charge is 0.360 e. The molecular formula is C10H13N3. The molecule has 2 aromatic heterocycles. The van der Waals surface area contributed by atoms with Gasteiger partial charge in [0.25, 0.3) is 0 Å². The molecule has 2 rings (SSSR count). The average Bonchev–Trinajstić information content (AvgIpc) is 2.63. The lowest BCUT2D eigenvalue weighted by Gasteiger charge is -2.06. The van der Waals surface area contributed by atoms with Crippen molar-refractivity contribution in [3.63, 3.8) is 0 Å². The lowest BCUT2D eigenvalue weighted by atomic mass is 10.1. The summed E-state index contributed by atoms with van der Waals surface area (Å²) >= 11 is 0. The number of nitrogens with one attached hydrogen (secondary N) is 1. The van der Waals surface area contributed by atoms with E-state index in [-0.39, 0.29) is 0 Å². The highest BCUT2D eigenvalue weighted by molar-refractivity contribution is 5.74. The van der Waals surface area contributed by atoms with E-state index in [0.717, 1.165) is 16.7 Å². The molecule has 0 saturated carbocycles. The summed E-state index contributed by atoms with van der Waals surface area (Å²) < 4.78 is 0. The second-order valence-corrected chi connectivity index (χ2v) is 3.28. The Morgan fingerprint density at radius 1 is 1.46 bits per heavy atom. The molecule has 0 unspecified atom stereocenters. The Balaban J connectivity index is 2.48. The van der Waals surface area contributed by atoms with Crippen molar-refractivity contribution in [3.8, 4) is 0 Å². The van der Waals surface area contributed by atoms with Crippen LogP contribution in [0, 0.1) is 0 Å². The predicted molar refractivity (Wildman–Crippen MR) is 53.6 cm³/mol. The van der Waals surface area contributed by atoms with Crippen LogP contribution in [-0.2, 0) is 0 Å². The minimum absolute atomic E-state index is 0.333. The third kappa shape index (κ3) is 1.42. The molecule has 2 heterocycles. The monoisotopic (exact) mass is 175 g/mol. The fourth-order valence-corrected chi connectivity index (χ4v) is 1.35. The molecule has 68 valence electrons. The Hall–Kier alpha value is -1.35. The maximum atomic E-state index is 5.58. The van der Waals surface area contributed by atoms with Gasteiger partial charge in [0.1, 0.15) is 0 Å². The molecule has 0 spiro atoms. The maximum Gasteiger partial charge on any atom is 0.0882 e. The molecule has 3 N–H and O–H groups in total. The SMILES string of the molecule is C[C@H](CN)c1ccc2[nH]ccc2n1. The summed E-state index contributed by atoms with van der Waals surface area (Å²) in [6.07, 6.45) is 1.90. The fraction of sp³-hybridized carbons (Fsp3) is 0.300. The zero-order chi connectivity index (χ0) is 9.26. The number of nitrogens with zero attached hydrogens (tertiary/aromatic N) is 1. The van der Waals surface area contributed by atoms with Crippen LogP contribution in [0.4, 0.5) is 0 Å². The molecule has 0 fully saturated rings. The van der Waals surface area contributed by atoms with Crippen LogP contribution in [0.1, 0.15) is 18.5 Å². The first-order valence-corrected chi connectivity index (χ1v) is 4.45. The van der Waals surface area contributed by atoms with Gasteiger partial charge in [0.15, 0.2) is 0 Å². The van der Waals surface area contributed by atoms with Crippen LogP contribution in [0.15, 0.2) is 24.4 Å². The van der Waals surface area contributed by atoms with Crippen molar-refractivity contribution >= 4 is 11.0 Å². The van der Waals surface area contributed by atoms with Crippen LogP contribution in [0.25, 0.3) is 11.0 Å². The van der Waals surface area contributed by atoms with Crippen molar-refractivity contribution < 1.29 is 0 Å². The zero-order valence-corrected chi connectivity index (χ0v) is 7.62. The van der Waals surface area contributed by atoms with Gasteiger partial charge in [0.2, 0.25) is 0 Å². The number of rotatable bonds is 2. The van der Waals surface area contributed by atoms with E-state index in [4.69, 9.17) is 5.73 Å². The molecule has 0 aliphatic carbocycles. The molecule has 2 aromatic rings. The highest BCUT2D eigenvalue weighted by atomic mass is 14.8. The van der Waals surface area contributed by atoms with Crippen molar-refractivity contribution in [1.29, 1.82) is 0 Å². The number of aromatic amines is 1. The van der Waals surface area contributed by atoms with E-state index < -0.39 is 0 Å². The first-order chi connectivity index (χ1) is 6.31. The lowest BCUT2D eigenvalue weighted by Crippen LogP contribution is -2.10. The summed E-state index contributed by atoms with van der Waals surface area (Å²) in [5.41, 5.74) is 8.73. The molecule has 1 atom stereocenters. The molecule has 0 amide bonds. The first-order valence-electron chi connectivity index (χ1n) is 4.45. The van der Waals surface area contributed by atoms with Crippen LogP contribution in [0.5, 0.6) is 0 Å². The molecule has 0 aromatic carbocycles. The summed E-state index contributed by atoms with van der Waals surface area (Å²) in [6.45, 7) is 2.73. The van der Waals surface area contributed by atoms with E-state index >= 15 is 0 Å². The van der Waals surface area contributed by atoms with E-state index in [2.05, 4.69) is 16.9 Å². The molecule has 3 nitrogen and oxygen atoms in total. The number of hydrogen-bond acceptors (Lipinski definition) is 2. The van der Waals surface area contributed by atoms with Gasteiger partial charge < -0.3 is 10.7 Å². The van der Waals surface area contributed by atoms with Crippen LogP contribution in [-0.4, -0.2) is 16.5 Å². The first kappa shape index (κ1) is 8.26. The normalized spacial score (nSPS) is 13.4. The van der Waals surface area contributed by atoms with Gasteiger partial charge in [-0.3, -0.25) is 4.98 Å². The number of hydrogen-bond donors (Lipinski definition) is 2. The van der Waals surface area contributed by atoms with E-state index in [1.54, 1.807) is 0 Å². The summed E-state index contributed by atoms with van der Waals surface area (Å²) in [5.74, 6) is 0.333. The average molecular weight is 175 g/mol. The Morgan fingerprint density at radius 3 is 3.08 bits per heavy atom. The minimum Gasteiger partial charge on any atom is -0.360 e. The van der Waals surface area contributed by atoms with Gasteiger partial charge in [0, 0.05) is 24.4 Å². The zero-order valence-electron chi connectivity index (χ0n) is 7.62. The molecule has 13 heavy (non-hydrogen) atoms. The highest BCUT2D eigenvalue weighted by Crippen LogP contribution is 2.15. The Bertz CT molecular complexity index is 405. The van der Waals surface area contributed by atoms with Crippen molar-refractivity contribution in [3.05, 3.63) is 30.1 Å². The summed E-state index contributed by atoms with van der Waals surface area (Å²) in [7, 11) is 0. The summed E-state index contributed by atoms with van der Waals surface area (Å²) in [4.78, 5) is 7.60. The maximum absolute atomic E-state index is 5.58. The van der Waals surface area contributed by atoms with E-state index in [9.17, 15) is 0 Å². The third-order valence-electron chi connectivity index (χ3n) is 2.28. The van der Waals surface area contributed by atoms with E-state index in [1.807, 2.05) is 24.4 Å². The second-order valence-electron chi connectivity index (χ2n) is 3.28. The van der Waals surface area contributed by atoms with Crippen molar-refractivity contribution in [2.75, 3.05) is 6.54 Å². The molecule has 0 bridgehead atoms. The van der Waals surface area contributed by atoms with Crippen molar-refractivity contribution in [1.82, 2.24) is 9.97 Å². The molecule has 0 aliphatic rings. The number of nitrogens with two attached hydrogens (primary N) is 1. The Kier molecular flexibility index (Phi) is 2.02. The van der Waals surface area contributed by atoms with Gasteiger partial charge in [-0.25, -0.2) is 0 Å². The predicted octanol–water partition coefficient (Wildman–Crippen LogP) is 1.63. The van der Waals surface area contributed by atoms with E-state index in [0.29, 0.717) is 12.5 Å². The third-order valence-corrected chi connectivity index (χ3v) is 2.28. The van der Waals surface area contributed by atoms with Crippen LogP contribution in [0.2, 0.25) is 0 Å². The molecule has 0 aliphatic heterocycles. The van der Waals surface area contributed by atoms with Gasteiger partial charge >= 0.3 is 0 Å². The number of aromatic nitrogens is 2. The molecule has 0 saturated heterocycles. The van der Waals surface area contributed by atoms with Gasteiger partial charge in [0.05, 0.1) is 11.0 Å². The lowest BCUT2D eigenvalue weighted by molar-refractivity contribution is 0.750.